The highest BCUT2D eigenvalue weighted by atomic mass is 35.5. The molecule has 3 aromatic carbocycles. The molecule has 2 N–H and O–H groups in total. The minimum absolute atomic E-state index is 0.0687. The molecule has 33 heavy (non-hydrogen) atoms. The van der Waals surface area contributed by atoms with Crippen LogP contribution >= 0.6 is 34.7 Å². The van der Waals surface area contributed by atoms with Gasteiger partial charge in [0.15, 0.2) is 0 Å². The summed E-state index contributed by atoms with van der Waals surface area (Å²) >= 11 is 13.1. The Hall–Kier alpha value is -2.50. The highest BCUT2D eigenvalue weighted by molar-refractivity contribution is 8.01. The molecule has 0 radical (unpaired) electrons. The third-order valence-electron chi connectivity index (χ3n) is 4.73. The number of sulfonamides is 1. The van der Waals surface area contributed by atoms with Gasteiger partial charge in [-0.15, -0.1) is 0 Å². The van der Waals surface area contributed by atoms with Gasteiger partial charge in [0.05, 0.1) is 41.8 Å². The van der Waals surface area contributed by atoms with E-state index in [0.29, 0.717) is 20.8 Å². The minimum Gasteiger partial charge on any atom is -0.307 e. The number of anilines is 2. The van der Waals surface area contributed by atoms with Gasteiger partial charge in [-0.2, -0.15) is 0 Å². The molecule has 4 aromatic rings. The van der Waals surface area contributed by atoms with Crippen molar-refractivity contribution in [3.8, 4) is 0 Å². The standard InChI is InChI=1S/C21H17Cl2N3O4S3/c1-26-20-9-7-16(12-17(20)21(27)31-26)33(29,30)25-19-11-14(23)6-8-18(19)24-32(2,28)15-5-3-4-13(22)10-15/h3-12,25H,2H2,1H3,(H,24,28). The van der Waals surface area contributed by atoms with Crippen LogP contribution < -0.4 is 14.2 Å². The van der Waals surface area contributed by atoms with Gasteiger partial charge >= 0.3 is 0 Å². The zero-order valence-electron chi connectivity index (χ0n) is 17.0. The zero-order valence-corrected chi connectivity index (χ0v) is 21.0. The van der Waals surface area contributed by atoms with Crippen molar-refractivity contribution in [3.05, 3.63) is 80.2 Å². The van der Waals surface area contributed by atoms with Gasteiger partial charge in [0.25, 0.3) is 14.8 Å². The molecule has 0 saturated carbocycles. The molecule has 12 heteroatoms. The van der Waals surface area contributed by atoms with Gasteiger partial charge in [0, 0.05) is 17.1 Å². The van der Waals surface area contributed by atoms with Crippen molar-refractivity contribution >= 4 is 82.6 Å². The molecular weight excluding hydrogens is 525 g/mol. The lowest BCUT2D eigenvalue weighted by atomic mass is 10.2. The van der Waals surface area contributed by atoms with E-state index in [-0.39, 0.29) is 26.0 Å². The molecular formula is C21H17Cl2N3O4S3. The van der Waals surface area contributed by atoms with Gasteiger partial charge in [-0.05, 0) is 72.0 Å². The van der Waals surface area contributed by atoms with Crippen molar-refractivity contribution in [2.75, 3.05) is 9.44 Å². The second kappa shape index (κ2) is 8.69. The van der Waals surface area contributed by atoms with E-state index in [9.17, 15) is 17.4 Å². The van der Waals surface area contributed by atoms with E-state index in [1.165, 1.54) is 36.4 Å². The smallest absolute Gasteiger partial charge is 0.261 e. The van der Waals surface area contributed by atoms with Crippen LogP contribution in [0.15, 0.2) is 75.2 Å². The van der Waals surface area contributed by atoms with Gasteiger partial charge in [0.2, 0.25) is 0 Å². The van der Waals surface area contributed by atoms with Crippen LogP contribution in [0, 0.1) is 0 Å². The maximum absolute atomic E-state index is 13.2. The summed E-state index contributed by atoms with van der Waals surface area (Å²) in [4.78, 5) is 12.4. The Kier molecular flexibility index (Phi) is 6.23. The summed E-state index contributed by atoms with van der Waals surface area (Å²) in [5.41, 5.74) is 0.905. The number of nitrogens with one attached hydrogen (secondary N) is 2. The van der Waals surface area contributed by atoms with Gasteiger partial charge in [-0.25, -0.2) is 12.6 Å². The van der Waals surface area contributed by atoms with Crippen molar-refractivity contribution in [1.82, 2.24) is 3.96 Å². The number of nitrogens with zero attached hydrogens (tertiary/aromatic N) is 1. The number of hydrogen-bond donors (Lipinski definition) is 2. The van der Waals surface area contributed by atoms with Crippen LogP contribution in [0.2, 0.25) is 10.0 Å². The zero-order chi connectivity index (χ0) is 24.0. The van der Waals surface area contributed by atoms with Crippen molar-refractivity contribution in [2.24, 2.45) is 7.05 Å². The van der Waals surface area contributed by atoms with Crippen LogP contribution in [0.25, 0.3) is 10.9 Å². The lowest BCUT2D eigenvalue weighted by Gasteiger charge is -2.18. The number of aryl methyl sites for hydroxylation is 1. The minimum atomic E-state index is -4.10. The largest absolute Gasteiger partial charge is 0.307 e. The highest BCUT2D eigenvalue weighted by Gasteiger charge is 2.20. The van der Waals surface area contributed by atoms with Crippen molar-refractivity contribution in [1.29, 1.82) is 0 Å². The van der Waals surface area contributed by atoms with Crippen molar-refractivity contribution < 1.29 is 12.6 Å². The number of fused-ring (bicyclic) bond motifs is 1. The van der Waals surface area contributed by atoms with Crippen LogP contribution in [0.5, 0.6) is 0 Å². The van der Waals surface area contributed by atoms with E-state index in [0.717, 1.165) is 11.5 Å². The molecule has 172 valence electrons. The summed E-state index contributed by atoms with van der Waals surface area (Å²) in [5.74, 6) is 3.75. The molecule has 4 rings (SSSR count). The Morgan fingerprint density at radius 2 is 1.61 bits per heavy atom. The van der Waals surface area contributed by atoms with E-state index in [1.54, 1.807) is 35.3 Å². The van der Waals surface area contributed by atoms with Crippen LogP contribution in [-0.4, -0.2) is 22.5 Å². The van der Waals surface area contributed by atoms with Gasteiger partial charge < -0.3 is 4.72 Å². The van der Waals surface area contributed by atoms with Crippen LogP contribution in [0.3, 0.4) is 0 Å². The van der Waals surface area contributed by atoms with Crippen molar-refractivity contribution in [2.45, 2.75) is 9.79 Å². The van der Waals surface area contributed by atoms with E-state index in [2.05, 4.69) is 15.3 Å². The first kappa shape index (κ1) is 23.7. The van der Waals surface area contributed by atoms with Crippen LogP contribution in [0.4, 0.5) is 11.4 Å². The highest BCUT2D eigenvalue weighted by Crippen LogP contribution is 2.31. The Labute approximate surface area is 204 Å². The predicted molar refractivity (Wildman–Crippen MR) is 138 cm³/mol. The fourth-order valence-corrected chi connectivity index (χ4v) is 6.70. The second-order valence-electron chi connectivity index (χ2n) is 7.09. The first-order chi connectivity index (χ1) is 15.5. The normalized spacial score (nSPS) is 13.5. The third-order valence-corrected chi connectivity index (χ3v) is 8.99. The number of rotatable bonds is 6. The first-order valence-electron chi connectivity index (χ1n) is 9.29. The second-order valence-corrected chi connectivity index (χ2v) is 12.8. The average molecular weight is 542 g/mol. The molecule has 1 atom stereocenters. The third kappa shape index (κ3) is 4.90. The summed E-state index contributed by atoms with van der Waals surface area (Å²) in [6, 6.07) is 15.1. The maximum atomic E-state index is 13.2. The Balaban J connectivity index is 1.72. The Bertz CT molecular complexity index is 1660. The van der Waals surface area contributed by atoms with E-state index in [1.807, 2.05) is 0 Å². The average Bonchev–Trinajstić information content (AvgIpc) is 3.03. The summed E-state index contributed by atoms with van der Waals surface area (Å²) in [6.07, 6.45) is 0. The quantitative estimate of drug-likeness (QED) is 0.342. The van der Waals surface area contributed by atoms with Gasteiger partial charge in [0.1, 0.15) is 0 Å². The maximum Gasteiger partial charge on any atom is 0.261 e. The first-order valence-corrected chi connectivity index (χ1v) is 14.0. The van der Waals surface area contributed by atoms with E-state index < -0.39 is 19.7 Å². The Morgan fingerprint density at radius 1 is 0.879 bits per heavy atom. The number of halogens is 2. The molecule has 0 bridgehead atoms. The molecule has 0 amide bonds. The fourth-order valence-electron chi connectivity index (χ4n) is 3.15. The summed E-state index contributed by atoms with van der Waals surface area (Å²) in [6.45, 7) is 0. The summed E-state index contributed by atoms with van der Waals surface area (Å²) in [7, 11) is -5.46. The molecule has 7 nitrogen and oxygen atoms in total. The molecule has 0 fully saturated rings. The number of aromatic nitrogens is 1. The summed E-state index contributed by atoms with van der Waals surface area (Å²) < 4.78 is 46.2. The van der Waals surface area contributed by atoms with Crippen LogP contribution in [-0.2, 0) is 26.8 Å². The number of benzene rings is 3. The monoisotopic (exact) mass is 541 g/mol. The predicted octanol–water partition coefficient (Wildman–Crippen LogP) is 4.81. The molecule has 0 aliphatic rings. The number of hydrogen-bond acceptors (Lipinski definition) is 5. The van der Waals surface area contributed by atoms with Gasteiger partial charge in [-0.1, -0.05) is 29.3 Å². The van der Waals surface area contributed by atoms with Gasteiger partial charge in [-0.3, -0.25) is 13.5 Å². The lowest BCUT2D eigenvalue weighted by Crippen LogP contribution is -2.17. The molecule has 1 aromatic heterocycles. The van der Waals surface area contributed by atoms with E-state index >= 15 is 0 Å². The molecule has 0 aliphatic carbocycles. The fraction of sp³-hybridized carbons (Fsp3) is 0.0476. The SMILES string of the molecule is C=S(=O)(Nc1ccc(Cl)cc1NS(=O)(=O)c1ccc2c(c1)c(=O)sn2C)c1cccc(Cl)c1. The lowest BCUT2D eigenvalue weighted by molar-refractivity contribution is 0.601. The molecule has 0 spiro atoms. The Morgan fingerprint density at radius 3 is 2.33 bits per heavy atom. The van der Waals surface area contributed by atoms with E-state index in [4.69, 9.17) is 23.2 Å². The molecule has 0 saturated heterocycles. The topological polar surface area (TPSA) is 97.3 Å². The molecule has 1 unspecified atom stereocenters. The van der Waals surface area contributed by atoms with Crippen molar-refractivity contribution in [3.63, 3.8) is 0 Å². The van der Waals surface area contributed by atoms with Crippen LogP contribution in [0.1, 0.15) is 0 Å². The molecule has 0 aliphatic heterocycles. The summed E-state index contributed by atoms with van der Waals surface area (Å²) in [5, 5.41) is 0.952. The molecule has 1 heterocycles.